The summed E-state index contributed by atoms with van der Waals surface area (Å²) >= 11 is 0. The number of halogens is 1. The number of hydrogen-bond acceptors (Lipinski definition) is 3. The summed E-state index contributed by atoms with van der Waals surface area (Å²) in [6.45, 7) is 5.42. The lowest BCUT2D eigenvalue weighted by Crippen LogP contribution is -2.31. The second-order valence-electron chi connectivity index (χ2n) is 5.76. The van der Waals surface area contributed by atoms with Crippen LogP contribution in [0.15, 0.2) is 41.5 Å². The minimum Gasteiger partial charge on any atom is -0.334 e. The molecule has 0 radical (unpaired) electrons. The van der Waals surface area contributed by atoms with Gasteiger partial charge in [0.2, 0.25) is 5.56 Å². The average molecular weight is 342 g/mol. The van der Waals surface area contributed by atoms with E-state index >= 15 is 0 Å². The number of aromatic nitrogens is 3. The molecule has 0 unspecified atom stereocenters. The quantitative estimate of drug-likeness (QED) is 0.774. The molecule has 1 N–H and O–H groups in total. The second-order valence-corrected chi connectivity index (χ2v) is 5.76. The van der Waals surface area contributed by atoms with Crippen LogP contribution in [-0.2, 0) is 13.1 Å². The van der Waals surface area contributed by atoms with E-state index in [0.717, 1.165) is 12.1 Å². The molecule has 0 spiro atoms. The molecule has 3 aromatic rings. The molecule has 6 nitrogen and oxygen atoms in total. The first-order valence-corrected chi connectivity index (χ1v) is 8.15. The SMILES string of the molecule is CCN(Cc1cnn(CC)c1)C(=O)c1cc(=O)[nH]c2ccc(F)cc12. The molecule has 1 amide bonds. The molecule has 0 atom stereocenters. The third-order valence-corrected chi connectivity index (χ3v) is 4.09. The fraction of sp³-hybridized carbons (Fsp3) is 0.278. The van der Waals surface area contributed by atoms with Crippen LogP contribution in [0.4, 0.5) is 4.39 Å². The highest BCUT2D eigenvalue weighted by molar-refractivity contribution is 6.05. The summed E-state index contributed by atoms with van der Waals surface area (Å²) in [5.41, 5.74) is 1.14. The number of aryl methyl sites for hydroxylation is 1. The lowest BCUT2D eigenvalue weighted by Gasteiger charge is -2.21. The number of nitrogens with zero attached hydrogens (tertiary/aromatic N) is 3. The zero-order chi connectivity index (χ0) is 18.0. The summed E-state index contributed by atoms with van der Waals surface area (Å²) < 4.78 is 15.4. The maximum absolute atomic E-state index is 13.6. The molecule has 0 saturated heterocycles. The van der Waals surface area contributed by atoms with E-state index in [1.807, 2.05) is 20.0 Å². The number of benzene rings is 1. The summed E-state index contributed by atoms with van der Waals surface area (Å²) in [6.07, 6.45) is 3.60. The van der Waals surface area contributed by atoms with E-state index in [1.165, 1.54) is 24.3 Å². The molecule has 0 fully saturated rings. The molecular formula is C18H19FN4O2. The molecule has 0 bridgehead atoms. The van der Waals surface area contributed by atoms with Crippen LogP contribution in [-0.4, -0.2) is 32.1 Å². The first-order valence-electron chi connectivity index (χ1n) is 8.15. The summed E-state index contributed by atoms with van der Waals surface area (Å²) in [5, 5.41) is 4.60. The van der Waals surface area contributed by atoms with Crippen LogP contribution < -0.4 is 5.56 Å². The molecule has 7 heteroatoms. The molecule has 2 aromatic heterocycles. The Balaban J connectivity index is 1.99. The standard InChI is InChI=1S/C18H19FN4O2/c1-3-22(10-12-9-20-23(4-2)11-12)18(25)15-8-17(24)21-16-6-5-13(19)7-14(15)16/h5-9,11H,3-4,10H2,1-2H3,(H,21,24). The van der Waals surface area contributed by atoms with Crippen molar-refractivity contribution in [1.29, 1.82) is 0 Å². The number of amides is 1. The van der Waals surface area contributed by atoms with Gasteiger partial charge in [0.1, 0.15) is 5.82 Å². The average Bonchev–Trinajstić information content (AvgIpc) is 3.06. The number of fused-ring (bicyclic) bond motifs is 1. The number of aromatic amines is 1. The van der Waals surface area contributed by atoms with Crippen molar-refractivity contribution in [2.45, 2.75) is 26.9 Å². The van der Waals surface area contributed by atoms with Gasteiger partial charge in [-0.05, 0) is 32.0 Å². The topological polar surface area (TPSA) is 71.0 Å². The Bertz CT molecular complexity index is 977. The van der Waals surface area contributed by atoms with E-state index in [4.69, 9.17) is 0 Å². The molecule has 3 rings (SSSR count). The maximum Gasteiger partial charge on any atom is 0.255 e. The minimum absolute atomic E-state index is 0.197. The summed E-state index contributed by atoms with van der Waals surface area (Å²) in [7, 11) is 0. The number of rotatable bonds is 5. The number of carbonyl (C=O) groups excluding carboxylic acids is 1. The van der Waals surface area contributed by atoms with Crippen molar-refractivity contribution >= 4 is 16.8 Å². The summed E-state index contributed by atoms with van der Waals surface area (Å²) in [6, 6.07) is 5.21. The Labute approximate surface area is 143 Å². The van der Waals surface area contributed by atoms with Gasteiger partial charge in [-0.3, -0.25) is 14.3 Å². The molecular weight excluding hydrogens is 323 g/mol. The largest absolute Gasteiger partial charge is 0.334 e. The van der Waals surface area contributed by atoms with Gasteiger partial charge in [0.15, 0.2) is 0 Å². The van der Waals surface area contributed by atoms with Gasteiger partial charge in [-0.15, -0.1) is 0 Å². The van der Waals surface area contributed by atoms with Gasteiger partial charge in [-0.2, -0.15) is 5.10 Å². The fourth-order valence-electron chi connectivity index (χ4n) is 2.78. The molecule has 130 valence electrons. The first-order chi connectivity index (χ1) is 12.0. The van der Waals surface area contributed by atoms with Crippen LogP contribution in [0.2, 0.25) is 0 Å². The number of hydrogen-bond donors (Lipinski definition) is 1. The molecule has 0 aliphatic heterocycles. The van der Waals surface area contributed by atoms with E-state index in [-0.39, 0.29) is 11.5 Å². The van der Waals surface area contributed by atoms with Gasteiger partial charge < -0.3 is 9.88 Å². The molecule has 25 heavy (non-hydrogen) atoms. The monoisotopic (exact) mass is 342 g/mol. The van der Waals surface area contributed by atoms with Gasteiger partial charge in [-0.25, -0.2) is 4.39 Å². The van der Waals surface area contributed by atoms with Gasteiger partial charge in [-0.1, -0.05) is 0 Å². The molecule has 0 saturated carbocycles. The molecule has 0 aliphatic carbocycles. The van der Waals surface area contributed by atoms with Crippen molar-refractivity contribution in [3.63, 3.8) is 0 Å². The third-order valence-electron chi connectivity index (χ3n) is 4.09. The Hall–Kier alpha value is -2.96. The summed E-state index contributed by atoms with van der Waals surface area (Å²) in [5.74, 6) is -0.769. The number of H-pyrrole nitrogens is 1. The fourth-order valence-corrected chi connectivity index (χ4v) is 2.78. The smallest absolute Gasteiger partial charge is 0.255 e. The normalized spacial score (nSPS) is 11.0. The van der Waals surface area contributed by atoms with Crippen molar-refractivity contribution in [2.24, 2.45) is 0 Å². The molecule has 2 heterocycles. The maximum atomic E-state index is 13.6. The number of carbonyl (C=O) groups is 1. The molecule has 1 aromatic carbocycles. The van der Waals surface area contributed by atoms with Crippen molar-refractivity contribution in [2.75, 3.05) is 6.54 Å². The van der Waals surface area contributed by atoms with Crippen LogP contribution in [0.1, 0.15) is 29.8 Å². The highest BCUT2D eigenvalue weighted by atomic mass is 19.1. The van der Waals surface area contributed by atoms with Gasteiger partial charge in [0.25, 0.3) is 5.91 Å². The zero-order valence-electron chi connectivity index (χ0n) is 14.1. The Kier molecular flexibility index (Phi) is 4.65. The van der Waals surface area contributed by atoms with Crippen LogP contribution in [0.3, 0.4) is 0 Å². The van der Waals surface area contributed by atoms with E-state index in [1.54, 1.807) is 15.8 Å². The van der Waals surface area contributed by atoms with Crippen molar-refractivity contribution < 1.29 is 9.18 Å². The lowest BCUT2D eigenvalue weighted by molar-refractivity contribution is 0.0754. The van der Waals surface area contributed by atoms with Gasteiger partial charge in [0, 0.05) is 48.4 Å². The van der Waals surface area contributed by atoms with Crippen LogP contribution in [0, 0.1) is 5.82 Å². The van der Waals surface area contributed by atoms with E-state index < -0.39 is 11.4 Å². The van der Waals surface area contributed by atoms with Crippen LogP contribution in [0.5, 0.6) is 0 Å². The third kappa shape index (κ3) is 3.45. The first kappa shape index (κ1) is 16.9. The minimum atomic E-state index is -0.458. The number of pyridine rings is 1. The highest BCUT2D eigenvalue weighted by Gasteiger charge is 2.19. The van der Waals surface area contributed by atoms with Gasteiger partial charge >= 0.3 is 0 Å². The predicted molar refractivity (Wildman–Crippen MR) is 92.8 cm³/mol. The molecule has 0 aliphatic rings. The van der Waals surface area contributed by atoms with Crippen molar-refractivity contribution in [3.05, 3.63) is 64.0 Å². The number of nitrogens with one attached hydrogen (secondary N) is 1. The van der Waals surface area contributed by atoms with Crippen LogP contribution >= 0.6 is 0 Å². The van der Waals surface area contributed by atoms with Crippen LogP contribution in [0.25, 0.3) is 10.9 Å². The predicted octanol–water partition coefficient (Wildman–Crippen LogP) is 2.55. The Morgan fingerprint density at radius 2 is 2.12 bits per heavy atom. The summed E-state index contributed by atoms with van der Waals surface area (Å²) in [4.78, 5) is 29.1. The van der Waals surface area contributed by atoms with E-state index in [9.17, 15) is 14.0 Å². The highest BCUT2D eigenvalue weighted by Crippen LogP contribution is 2.19. The lowest BCUT2D eigenvalue weighted by atomic mass is 10.1. The zero-order valence-corrected chi connectivity index (χ0v) is 14.1. The van der Waals surface area contributed by atoms with Crippen molar-refractivity contribution in [1.82, 2.24) is 19.7 Å². The van der Waals surface area contributed by atoms with Gasteiger partial charge in [0.05, 0.1) is 11.8 Å². The Morgan fingerprint density at radius 3 is 2.80 bits per heavy atom. The Morgan fingerprint density at radius 1 is 1.32 bits per heavy atom. The van der Waals surface area contributed by atoms with E-state index in [2.05, 4.69) is 10.1 Å². The second kappa shape index (κ2) is 6.88. The van der Waals surface area contributed by atoms with Crippen molar-refractivity contribution in [3.8, 4) is 0 Å². The van der Waals surface area contributed by atoms with E-state index in [0.29, 0.717) is 24.0 Å².